The summed E-state index contributed by atoms with van der Waals surface area (Å²) in [6.07, 6.45) is 6.67. The predicted octanol–water partition coefficient (Wildman–Crippen LogP) is 2.24. The van der Waals surface area contributed by atoms with E-state index in [1.165, 1.54) is 44.5 Å². The zero-order valence-electron chi connectivity index (χ0n) is 11.2. The van der Waals surface area contributed by atoms with Crippen LogP contribution in [-0.2, 0) is 0 Å². The summed E-state index contributed by atoms with van der Waals surface area (Å²) in [7, 11) is 0. The molecular weight excluding hydrogens is 210 g/mol. The van der Waals surface area contributed by atoms with Gasteiger partial charge in [0, 0.05) is 18.2 Å². The molecule has 1 spiro atoms. The molecule has 2 heterocycles. The van der Waals surface area contributed by atoms with Crippen molar-refractivity contribution >= 4 is 5.71 Å². The van der Waals surface area contributed by atoms with Crippen molar-refractivity contribution in [2.24, 2.45) is 16.4 Å². The second-order valence-corrected chi connectivity index (χ2v) is 5.90. The number of nitrogens with one attached hydrogen (secondary N) is 1. The molecule has 2 aliphatic heterocycles. The van der Waals surface area contributed by atoms with Gasteiger partial charge in [0.2, 0.25) is 0 Å². The first kappa shape index (κ1) is 11.5. The maximum absolute atomic E-state index is 4.89. The van der Waals surface area contributed by atoms with Gasteiger partial charge in [-0.15, -0.1) is 0 Å². The van der Waals surface area contributed by atoms with Crippen molar-refractivity contribution in [2.75, 3.05) is 19.6 Å². The normalized spacial score (nSPS) is 35.2. The van der Waals surface area contributed by atoms with Gasteiger partial charge < -0.3 is 5.32 Å². The average molecular weight is 235 g/mol. The molecule has 0 amide bonds. The summed E-state index contributed by atoms with van der Waals surface area (Å²) in [6, 6.07) is 0.726. The molecule has 1 saturated heterocycles. The molecule has 0 aromatic heterocycles. The van der Waals surface area contributed by atoms with Crippen LogP contribution in [-0.4, -0.2) is 36.4 Å². The minimum absolute atomic E-state index is 0.576. The van der Waals surface area contributed by atoms with E-state index in [4.69, 9.17) is 5.10 Å². The summed E-state index contributed by atoms with van der Waals surface area (Å²) in [5.74, 6) is 0.776. The Hall–Kier alpha value is -0.570. The molecule has 1 N–H and O–H groups in total. The van der Waals surface area contributed by atoms with E-state index in [2.05, 4.69) is 24.2 Å². The highest BCUT2D eigenvalue weighted by molar-refractivity contribution is 5.89. The lowest BCUT2D eigenvalue weighted by Crippen LogP contribution is -2.48. The Kier molecular flexibility index (Phi) is 2.89. The zero-order valence-corrected chi connectivity index (χ0v) is 11.2. The smallest absolute Gasteiger partial charge is 0.0608 e. The Labute approximate surface area is 105 Å². The maximum atomic E-state index is 4.89. The van der Waals surface area contributed by atoms with Gasteiger partial charge in [0.25, 0.3) is 0 Å². The fourth-order valence-corrected chi connectivity index (χ4v) is 4.42. The van der Waals surface area contributed by atoms with E-state index in [1.54, 1.807) is 0 Å². The molecule has 0 bridgehead atoms. The second kappa shape index (κ2) is 4.27. The predicted molar refractivity (Wildman–Crippen MR) is 71.2 cm³/mol. The van der Waals surface area contributed by atoms with E-state index < -0.39 is 0 Å². The average Bonchev–Trinajstić information content (AvgIpc) is 2.90. The third kappa shape index (κ3) is 1.62. The molecule has 17 heavy (non-hydrogen) atoms. The van der Waals surface area contributed by atoms with Crippen molar-refractivity contribution in [2.45, 2.75) is 52.0 Å². The van der Waals surface area contributed by atoms with Gasteiger partial charge in [-0.2, -0.15) is 5.10 Å². The van der Waals surface area contributed by atoms with Crippen LogP contribution in [0.2, 0.25) is 0 Å². The fraction of sp³-hybridized carbons (Fsp3) is 0.929. The molecule has 0 radical (unpaired) electrons. The molecule has 0 aromatic carbocycles. The molecule has 3 heteroatoms. The Bertz CT molecular complexity index is 317. The van der Waals surface area contributed by atoms with Crippen LogP contribution in [0.25, 0.3) is 0 Å². The summed E-state index contributed by atoms with van der Waals surface area (Å²) in [4.78, 5) is 0. The minimum Gasteiger partial charge on any atom is -0.317 e. The molecule has 96 valence electrons. The molecule has 3 aliphatic rings. The number of nitrogens with zero attached hydrogens (tertiary/aromatic N) is 2. The highest BCUT2D eigenvalue weighted by atomic mass is 15.5. The minimum atomic E-state index is 0.576. The van der Waals surface area contributed by atoms with Crippen molar-refractivity contribution in [3.8, 4) is 0 Å². The lowest BCUT2D eigenvalue weighted by Gasteiger charge is -2.42. The zero-order chi connectivity index (χ0) is 11.9. The third-order valence-corrected chi connectivity index (χ3v) is 5.25. The molecule has 1 aliphatic carbocycles. The van der Waals surface area contributed by atoms with Crippen molar-refractivity contribution in [1.82, 2.24) is 10.3 Å². The van der Waals surface area contributed by atoms with E-state index in [-0.39, 0.29) is 0 Å². The van der Waals surface area contributed by atoms with E-state index in [0.29, 0.717) is 5.41 Å². The van der Waals surface area contributed by atoms with Crippen LogP contribution in [0.15, 0.2) is 5.10 Å². The number of hydrazone groups is 1. The number of rotatable bonds is 2. The molecule has 2 unspecified atom stereocenters. The van der Waals surface area contributed by atoms with Crippen LogP contribution in [0.1, 0.15) is 46.0 Å². The molecule has 1 saturated carbocycles. The number of piperidine rings is 1. The Morgan fingerprint density at radius 3 is 2.71 bits per heavy atom. The first-order chi connectivity index (χ1) is 8.30. The monoisotopic (exact) mass is 235 g/mol. The molecule has 3 rings (SSSR count). The van der Waals surface area contributed by atoms with Gasteiger partial charge in [0.15, 0.2) is 0 Å². The van der Waals surface area contributed by atoms with Crippen LogP contribution >= 0.6 is 0 Å². The topological polar surface area (TPSA) is 27.6 Å². The van der Waals surface area contributed by atoms with Crippen LogP contribution < -0.4 is 5.32 Å². The first-order valence-corrected chi connectivity index (χ1v) is 7.35. The van der Waals surface area contributed by atoms with Gasteiger partial charge in [-0.25, -0.2) is 0 Å². The van der Waals surface area contributed by atoms with E-state index in [0.717, 1.165) is 24.9 Å². The quantitative estimate of drug-likeness (QED) is 0.795. The van der Waals surface area contributed by atoms with Crippen molar-refractivity contribution in [3.63, 3.8) is 0 Å². The van der Waals surface area contributed by atoms with Gasteiger partial charge in [0.05, 0.1) is 6.04 Å². The molecule has 0 aromatic rings. The van der Waals surface area contributed by atoms with Crippen molar-refractivity contribution < 1.29 is 0 Å². The van der Waals surface area contributed by atoms with Crippen molar-refractivity contribution in [1.29, 1.82) is 0 Å². The van der Waals surface area contributed by atoms with Gasteiger partial charge in [-0.3, -0.25) is 5.01 Å². The lowest BCUT2D eigenvalue weighted by atomic mass is 9.73. The largest absolute Gasteiger partial charge is 0.317 e. The van der Waals surface area contributed by atoms with Crippen LogP contribution in [0.3, 0.4) is 0 Å². The highest BCUT2D eigenvalue weighted by Crippen LogP contribution is 2.53. The van der Waals surface area contributed by atoms with Gasteiger partial charge >= 0.3 is 0 Å². The van der Waals surface area contributed by atoms with Gasteiger partial charge in [-0.1, -0.05) is 6.92 Å². The van der Waals surface area contributed by atoms with E-state index in [9.17, 15) is 0 Å². The summed E-state index contributed by atoms with van der Waals surface area (Å²) >= 11 is 0. The van der Waals surface area contributed by atoms with Crippen molar-refractivity contribution in [3.05, 3.63) is 0 Å². The SMILES string of the molecule is CCC1=NN(CC)C2C1CCC21CCNCC1. The molecule has 2 atom stereocenters. The van der Waals surface area contributed by atoms with Crippen LogP contribution in [0.4, 0.5) is 0 Å². The number of fused-ring (bicyclic) bond motifs is 2. The fourth-order valence-electron chi connectivity index (χ4n) is 4.42. The Balaban J connectivity index is 1.87. The molecule has 3 nitrogen and oxygen atoms in total. The Morgan fingerprint density at radius 2 is 2.06 bits per heavy atom. The molecule has 2 fully saturated rings. The summed E-state index contributed by atoms with van der Waals surface area (Å²) in [5.41, 5.74) is 2.05. The van der Waals surface area contributed by atoms with Gasteiger partial charge in [0.1, 0.15) is 0 Å². The highest BCUT2D eigenvalue weighted by Gasteiger charge is 2.54. The second-order valence-electron chi connectivity index (χ2n) is 5.90. The van der Waals surface area contributed by atoms with E-state index >= 15 is 0 Å². The standard InChI is InChI=1S/C14H25N3/c1-3-12-11-5-6-14(7-9-15-10-8-14)13(11)17(4-2)16-12/h11,13,15H,3-10H2,1-2H3. The third-order valence-electron chi connectivity index (χ3n) is 5.25. The number of hydrogen-bond donors (Lipinski definition) is 1. The lowest BCUT2D eigenvalue weighted by molar-refractivity contribution is 0.0687. The van der Waals surface area contributed by atoms with Crippen LogP contribution in [0, 0.1) is 11.3 Å². The maximum Gasteiger partial charge on any atom is 0.0608 e. The summed E-state index contributed by atoms with van der Waals surface area (Å²) in [6.45, 7) is 8.03. The van der Waals surface area contributed by atoms with Gasteiger partial charge in [-0.05, 0) is 57.5 Å². The molecular formula is C14H25N3. The summed E-state index contributed by atoms with van der Waals surface area (Å²) in [5, 5.41) is 10.8. The summed E-state index contributed by atoms with van der Waals surface area (Å²) < 4.78 is 0. The van der Waals surface area contributed by atoms with E-state index in [1.807, 2.05) is 0 Å². The number of hydrogen-bond acceptors (Lipinski definition) is 3. The Morgan fingerprint density at radius 1 is 1.29 bits per heavy atom. The van der Waals surface area contributed by atoms with Crippen LogP contribution in [0.5, 0.6) is 0 Å². The first-order valence-electron chi connectivity index (χ1n) is 7.35.